The first kappa shape index (κ1) is 10.0. The highest BCUT2D eigenvalue weighted by atomic mass is 32.1. The van der Waals surface area contributed by atoms with E-state index in [1.807, 2.05) is 6.07 Å². The summed E-state index contributed by atoms with van der Waals surface area (Å²) in [5.41, 5.74) is -0.00375. The average molecular weight is 225 g/mol. The number of methoxy groups -OCH3 is 2. The molecule has 0 radical (unpaired) electrons. The molecule has 0 atom stereocenters. The smallest absolute Gasteiger partial charge is 0.268 e. The Bertz CT molecular complexity index is 556. The molecule has 0 saturated carbocycles. The van der Waals surface area contributed by atoms with Gasteiger partial charge < -0.3 is 9.47 Å². The van der Waals surface area contributed by atoms with E-state index >= 15 is 0 Å². The minimum absolute atomic E-state index is 0.00375. The average Bonchev–Trinajstić information content (AvgIpc) is 2.53. The van der Waals surface area contributed by atoms with Gasteiger partial charge in [-0.25, -0.2) is 0 Å². The fourth-order valence-corrected chi connectivity index (χ4v) is 2.34. The number of fused-ring (bicyclic) bond motifs is 1. The second-order valence-electron chi connectivity index (χ2n) is 3.10. The van der Waals surface area contributed by atoms with E-state index in [1.54, 1.807) is 31.3 Å². The number of rotatable bonds is 2. The third-order valence-corrected chi connectivity index (χ3v) is 3.21. The van der Waals surface area contributed by atoms with E-state index in [0.29, 0.717) is 16.9 Å². The first-order valence-electron chi connectivity index (χ1n) is 4.39. The topological polar surface area (TPSA) is 40.5 Å². The molecule has 0 unspecified atom stereocenters. The van der Waals surface area contributed by atoms with Crippen LogP contribution in [0.25, 0.3) is 10.1 Å². The van der Waals surface area contributed by atoms with Crippen molar-refractivity contribution >= 4 is 21.6 Å². The molecule has 4 nitrogen and oxygen atoms in total. The van der Waals surface area contributed by atoms with Crippen LogP contribution in [0.1, 0.15) is 0 Å². The zero-order chi connectivity index (χ0) is 11.0. The Labute approximate surface area is 90.8 Å². The number of hydrogen-bond donors (Lipinski definition) is 0. The maximum atomic E-state index is 11.7. The highest BCUT2D eigenvalue weighted by Gasteiger charge is 2.11. The summed E-state index contributed by atoms with van der Waals surface area (Å²) in [5, 5.41) is 0.667. The van der Waals surface area contributed by atoms with Gasteiger partial charge in [-0.1, -0.05) is 11.5 Å². The van der Waals surface area contributed by atoms with Crippen LogP contribution in [0.3, 0.4) is 0 Å². The number of benzene rings is 1. The summed E-state index contributed by atoms with van der Waals surface area (Å²) in [6.45, 7) is 0. The van der Waals surface area contributed by atoms with Crippen molar-refractivity contribution in [1.29, 1.82) is 0 Å². The van der Waals surface area contributed by atoms with Crippen LogP contribution < -0.4 is 15.0 Å². The Kier molecular flexibility index (Phi) is 2.40. The van der Waals surface area contributed by atoms with Crippen molar-refractivity contribution in [2.45, 2.75) is 0 Å². The highest BCUT2D eigenvalue weighted by molar-refractivity contribution is 7.13. The Hall–Kier alpha value is -1.49. The Morgan fingerprint density at radius 3 is 2.40 bits per heavy atom. The zero-order valence-electron chi connectivity index (χ0n) is 8.73. The Balaban J connectivity index is 2.81. The van der Waals surface area contributed by atoms with Gasteiger partial charge in [0.15, 0.2) is 11.5 Å². The van der Waals surface area contributed by atoms with Crippen LogP contribution in [0.15, 0.2) is 16.9 Å². The minimum atomic E-state index is -0.00375. The second-order valence-corrected chi connectivity index (χ2v) is 4.27. The molecule has 1 aromatic heterocycles. The Morgan fingerprint density at radius 2 is 1.80 bits per heavy atom. The number of nitrogens with zero attached hydrogens (tertiary/aromatic N) is 1. The monoisotopic (exact) mass is 225 g/mol. The van der Waals surface area contributed by atoms with E-state index in [-0.39, 0.29) is 5.56 Å². The van der Waals surface area contributed by atoms with E-state index in [1.165, 1.54) is 11.5 Å². The molecule has 0 spiro atoms. The van der Waals surface area contributed by atoms with Crippen LogP contribution in [0.4, 0.5) is 0 Å². The van der Waals surface area contributed by atoms with Crippen molar-refractivity contribution in [2.24, 2.45) is 7.05 Å². The summed E-state index contributed by atoms with van der Waals surface area (Å²) in [7, 11) is 4.88. The van der Waals surface area contributed by atoms with Crippen LogP contribution in [0.2, 0.25) is 0 Å². The Morgan fingerprint density at radius 1 is 1.20 bits per heavy atom. The number of ether oxygens (including phenoxy) is 2. The predicted molar refractivity (Wildman–Crippen MR) is 60.2 cm³/mol. The molecule has 0 fully saturated rings. The summed E-state index contributed by atoms with van der Waals surface area (Å²) in [5.74, 6) is 1.23. The van der Waals surface area contributed by atoms with Crippen molar-refractivity contribution in [3.05, 3.63) is 22.5 Å². The van der Waals surface area contributed by atoms with Gasteiger partial charge in [-0.3, -0.25) is 8.75 Å². The molecule has 0 aliphatic rings. The fourth-order valence-electron chi connectivity index (χ4n) is 1.46. The van der Waals surface area contributed by atoms with E-state index in [2.05, 4.69) is 0 Å². The lowest BCUT2D eigenvalue weighted by atomic mass is 10.2. The molecule has 0 aliphatic heterocycles. The molecule has 1 aromatic carbocycles. The van der Waals surface area contributed by atoms with Gasteiger partial charge >= 0.3 is 0 Å². The molecule has 80 valence electrons. The number of aryl methyl sites for hydroxylation is 1. The van der Waals surface area contributed by atoms with Crippen LogP contribution in [-0.2, 0) is 7.05 Å². The molecule has 2 aromatic rings. The van der Waals surface area contributed by atoms with Gasteiger partial charge in [0.2, 0.25) is 0 Å². The largest absolute Gasteiger partial charge is 0.493 e. The van der Waals surface area contributed by atoms with E-state index in [0.717, 1.165) is 4.70 Å². The molecular weight excluding hydrogens is 214 g/mol. The molecule has 15 heavy (non-hydrogen) atoms. The fraction of sp³-hybridized carbons (Fsp3) is 0.300. The second kappa shape index (κ2) is 3.58. The van der Waals surface area contributed by atoms with Crippen molar-refractivity contribution in [1.82, 2.24) is 3.96 Å². The van der Waals surface area contributed by atoms with Gasteiger partial charge in [0.05, 0.1) is 24.3 Å². The number of aromatic nitrogens is 1. The molecule has 0 N–H and O–H groups in total. The van der Waals surface area contributed by atoms with E-state index in [9.17, 15) is 4.79 Å². The SMILES string of the molecule is COc1cc2sn(C)c(=O)c2cc1OC. The quantitative estimate of drug-likeness (QED) is 0.779. The first-order valence-corrected chi connectivity index (χ1v) is 5.16. The van der Waals surface area contributed by atoms with Crippen molar-refractivity contribution < 1.29 is 9.47 Å². The zero-order valence-corrected chi connectivity index (χ0v) is 9.55. The first-order chi connectivity index (χ1) is 7.17. The number of hydrogen-bond acceptors (Lipinski definition) is 4. The summed E-state index contributed by atoms with van der Waals surface area (Å²) in [6, 6.07) is 3.53. The van der Waals surface area contributed by atoms with Crippen LogP contribution in [0.5, 0.6) is 11.5 Å². The molecule has 0 bridgehead atoms. The summed E-state index contributed by atoms with van der Waals surface area (Å²) < 4.78 is 12.8. The van der Waals surface area contributed by atoms with Gasteiger partial charge in [0, 0.05) is 13.1 Å². The van der Waals surface area contributed by atoms with Gasteiger partial charge in [-0.15, -0.1) is 0 Å². The molecular formula is C10H11NO3S. The predicted octanol–water partition coefficient (Wildman–Crippen LogP) is 1.62. The van der Waals surface area contributed by atoms with E-state index < -0.39 is 0 Å². The maximum Gasteiger partial charge on any atom is 0.268 e. The normalized spacial score (nSPS) is 10.6. The van der Waals surface area contributed by atoms with Crippen LogP contribution in [0, 0.1) is 0 Å². The third-order valence-electron chi connectivity index (χ3n) is 2.24. The highest BCUT2D eigenvalue weighted by Crippen LogP contribution is 2.32. The van der Waals surface area contributed by atoms with Crippen molar-refractivity contribution in [2.75, 3.05) is 14.2 Å². The standard InChI is InChI=1S/C10H11NO3S/c1-11-10(12)6-4-7(13-2)8(14-3)5-9(6)15-11/h4-5H,1-3H3. The summed E-state index contributed by atoms with van der Waals surface area (Å²) in [6.07, 6.45) is 0. The molecule has 0 aliphatic carbocycles. The molecule has 1 heterocycles. The van der Waals surface area contributed by atoms with E-state index in [4.69, 9.17) is 9.47 Å². The molecule has 0 saturated heterocycles. The van der Waals surface area contributed by atoms with Gasteiger partial charge in [-0.2, -0.15) is 0 Å². The summed E-state index contributed by atoms with van der Waals surface area (Å²) in [4.78, 5) is 11.7. The lowest BCUT2D eigenvalue weighted by molar-refractivity contribution is 0.356. The summed E-state index contributed by atoms with van der Waals surface area (Å²) >= 11 is 1.40. The van der Waals surface area contributed by atoms with Gasteiger partial charge in [0.1, 0.15) is 0 Å². The van der Waals surface area contributed by atoms with Crippen LogP contribution in [-0.4, -0.2) is 18.2 Å². The third kappa shape index (κ3) is 1.48. The maximum absolute atomic E-state index is 11.7. The van der Waals surface area contributed by atoms with Gasteiger partial charge in [0.25, 0.3) is 5.56 Å². The lowest BCUT2D eigenvalue weighted by Gasteiger charge is -2.05. The van der Waals surface area contributed by atoms with Gasteiger partial charge in [-0.05, 0) is 6.07 Å². The van der Waals surface area contributed by atoms with Crippen molar-refractivity contribution in [3.63, 3.8) is 0 Å². The molecule has 5 heteroatoms. The van der Waals surface area contributed by atoms with Crippen LogP contribution >= 0.6 is 11.5 Å². The van der Waals surface area contributed by atoms with Crippen molar-refractivity contribution in [3.8, 4) is 11.5 Å². The molecule has 2 rings (SSSR count). The lowest BCUT2D eigenvalue weighted by Crippen LogP contribution is -2.07. The minimum Gasteiger partial charge on any atom is -0.493 e. The molecule has 0 amide bonds.